The molecule has 1 fully saturated rings. The van der Waals surface area contributed by atoms with Crippen molar-refractivity contribution in [1.82, 2.24) is 9.97 Å². The Hall–Kier alpha value is -2.30. The minimum atomic E-state index is 0.313. The van der Waals surface area contributed by atoms with Crippen LogP contribution >= 0.6 is 0 Å². The van der Waals surface area contributed by atoms with Gasteiger partial charge < -0.3 is 15.0 Å². The summed E-state index contributed by atoms with van der Waals surface area (Å²) in [6, 6.07) is 9.10. The number of nitrogens with zero attached hydrogens (tertiary/aromatic N) is 3. The highest BCUT2D eigenvalue weighted by Gasteiger charge is 2.21. The summed E-state index contributed by atoms with van der Waals surface area (Å²) >= 11 is 0. The fourth-order valence-corrected chi connectivity index (χ4v) is 4.25. The molecule has 0 atom stereocenters. The van der Waals surface area contributed by atoms with Gasteiger partial charge in [-0.3, -0.25) is 0 Å². The molecule has 4 rings (SSSR count). The summed E-state index contributed by atoms with van der Waals surface area (Å²) in [5.74, 6) is 4.21. The second-order valence-corrected chi connectivity index (χ2v) is 8.41. The van der Waals surface area contributed by atoms with Gasteiger partial charge in [0.05, 0.1) is 7.11 Å². The highest BCUT2D eigenvalue weighted by Crippen LogP contribution is 2.29. The van der Waals surface area contributed by atoms with Crippen LogP contribution < -0.4 is 15.0 Å². The molecule has 1 aromatic carbocycles. The van der Waals surface area contributed by atoms with Gasteiger partial charge in [-0.2, -0.15) is 0 Å². The third kappa shape index (κ3) is 4.23. The topological polar surface area (TPSA) is 50.3 Å². The van der Waals surface area contributed by atoms with E-state index in [-0.39, 0.29) is 0 Å². The molecule has 150 valence electrons. The molecule has 0 amide bonds. The van der Waals surface area contributed by atoms with Gasteiger partial charge >= 0.3 is 0 Å². The summed E-state index contributed by atoms with van der Waals surface area (Å²) in [4.78, 5) is 12.1. The van der Waals surface area contributed by atoms with Gasteiger partial charge in [0.1, 0.15) is 23.2 Å². The fourth-order valence-electron chi connectivity index (χ4n) is 4.25. The molecule has 5 nitrogen and oxygen atoms in total. The number of ether oxygens (including phenoxy) is 1. The van der Waals surface area contributed by atoms with Crippen LogP contribution in [-0.4, -0.2) is 29.7 Å². The Morgan fingerprint density at radius 2 is 1.89 bits per heavy atom. The summed E-state index contributed by atoms with van der Waals surface area (Å²) < 4.78 is 5.38. The first-order valence-electron chi connectivity index (χ1n) is 10.7. The lowest BCUT2D eigenvalue weighted by molar-refractivity contribution is 0.413. The van der Waals surface area contributed by atoms with Crippen LogP contribution in [0.2, 0.25) is 0 Å². The number of hydrogen-bond donors (Lipinski definition) is 1. The SMILES string of the molecule is COc1ccc2c(c1)CCN(c1cc(NC3CCCCC3)nc(C(C)C)n1)C2. The number of nitrogens with one attached hydrogen (secondary N) is 1. The molecular weight excluding hydrogens is 348 g/mol. The van der Waals surface area contributed by atoms with Gasteiger partial charge in [0.2, 0.25) is 0 Å². The van der Waals surface area contributed by atoms with Crippen molar-refractivity contribution in [2.75, 3.05) is 23.9 Å². The molecule has 0 saturated heterocycles. The quantitative estimate of drug-likeness (QED) is 0.798. The van der Waals surface area contributed by atoms with Crippen molar-refractivity contribution in [3.8, 4) is 5.75 Å². The van der Waals surface area contributed by atoms with Crippen molar-refractivity contribution < 1.29 is 4.74 Å². The Balaban J connectivity index is 1.57. The lowest BCUT2D eigenvalue weighted by atomic mass is 9.95. The second kappa shape index (κ2) is 8.38. The smallest absolute Gasteiger partial charge is 0.135 e. The van der Waals surface area contributed by atoms with Crippen LogP contribution in [0, 0.1) is 0 Å². The highest BCUT2D eigenvalue weighted by atomic mass is 16.5. The van der Waals surface area contributed by atoms with E-state index in [0.29, 0.717) is 12.0 Å². The summed E-state index contributed by atoms with van der Waals surface area (Å²) in [5.41, 5.74) is 2.74. The minimum Gasteiger partial charge on any atom is -0.497 e. The molecule has 1 aromatic heterocycles. The molecular formula is C23H32N4O. The maximum Gasteiger partial charge on any atom is 0.135 e. The molecule has 0 bridgehead atoms. The van der Waals surface area contributed by atoms with Gasteiger partial charge in [0, 0.05) is 31.1 Å². The molecule has 0 unspecified atom stereocenters. The van der Waals surface area contributed by atoms with Crippen LogP contribution in [0.3, 0.4) is 0 Å². The first-order valence-corrected chi connectivity index (χ1v) is 10.7. The number of anilines is 2. The molecule has 2 aliphatic rings. The number of methoxy groups -OCH3 is 1. The first kappa shape index (κ1) is 19.0. The molecule has 2 heterocycles. The zero-order valence-corrected chi connectivity index (χ0v) is 17.4. The largest absolute Gasteiger partial charge is 0.497 e. The van der Waals surface area contributed by atoms with E-state index < -0.39 is 0 Å². The van der Waals surface area contributed by atoms with Crippen LogP contribution in [0.15, 0.2) is 24.3 Å². The fraction of sp³-hybridized carbons (Fsp3) is 0.565. The zero-order chi connectivity index (χ0) is 19.5. The van der Waals surface area contributed by atoms with E-state index in [1.807, 2.05) is 0 Å². The average Bonchev–Trinajstić information content (AvgIpc) is 2.73. The molecule has 0 spiro atoms. The first-order chi connectivity index (χ1) is 13.6. The lowest BCUT2D eigenvalue weighted by Crippen LogP contribution is -2.32. The zero-order valence-electron chi connectivity index (χ0n) is 17.4. The maximum absolute atomic E-state index is 5.38. The molecule has 1 saturated carbocycles. The Bertz CT molecular complexity index is 814. The van der Waals surface area contributed by atoms with Crippen LogP contribution in [-0.2, 0) is 13.0 Å². The molecule has 1 aliphatic heterocycles. The number of rotatable bonds is 5. The summed E-state index contributed by atoms with van der Waals surface area (Å²) in [7, 11) is 1.73. The third-order valence-corrected chi connectivity index (χ3v) is 5.95. The van der Waals surface area contributed by atoms with Crippen molar-refractivity contribution in [3.63, 3.8) is 0 Å². The normalized spacial score (nSPS) is 17.5. The van der Waals surface area contributed by atoms with E-state index >= 15 is 0 Å². The van der Waals surface area contributed by atoms with E-state index in [1.165, 1.54) is 43.2 Å². The van der Waals surface area contributed by atoms with E-state index in [4.69, 9.17) is 14.7 Å². The van der Waals surface area contributed by atoms with Gasteiger partial charge in [-0.1, -0.05) is 39.2 Å². The molecule has 1 N–H and O–H groups in total. The van der Waals surface area contributed by atoms with Gasteiger partial charge in [-0.05, 0) is 42.5 Å². The molecule has 1 aliphatic carbocycles. The third-order valence-electron chi connectivity index (χ3n) is 5.95. The Morgan fingerprint density at radius 3 is 2.64 bits per heavy atom. The lowest BCUT2D eigenvalue weighted by Gasteiger charge is -2.31. The second-order valence-electron chi connectivity index (χ2n) is 8.41. The van der Waals surface area contributed by atoms with Crippen molar-refractivity contribution in [3.05, 3.63) is 41.2 Å². The summed E-state index contributed by atoms with van der Waals surface area (Å²) in [5, 5.41) is 3.70. The predicted molar refractivity (Wildman–Crippen MR) is 114 cm³/mol. The molecule has 2 aromatic rings. The Labute approximate surface area is 168 Å². The van der Waals surface area contributed by atoms with Crippen LogP contribution in [0.1, 0.15) is 68.8 Å². The average molecular weight is 381 g/mol. The van der Waals surface area contributed by atoms with Gasteiger partial charge in [-0.15, -0.1) is 0 Å². The summed E-state index contributed by atoms with van der Waals surface area (Å²) in [6.45, 7) is 6.19. The monoisotopic (exact) mass is 380 g/mol. The number of aromatic nitrogens is 2. The maximum atomic E-state index is 5.38. The highest BCUT2D eigenvalue weighted by molar-refractivity contribution is 5.52. The number of hydrogen-bond acceptors (Lipinski definition) is 5. The summed E-state index contributed by atoms with van der Waals surface area (Å²) in [6.07, 6.45) is 7.50. The molecule has 28 heavy (non-hydrogen) atoms. The predicted octanol–water partition coefficient (Wildman–Crippen LogP) is 4.92. The van der Waals surface area contributed by atoms with Crippen molar-refractivity contribution in [2.24, 2.45) is 0 Å². The van der Waals surface area contributed by atoms with Crippen molar-refractivity contribution in [1.29, 1.82) is 0 Å². The molecule has 0 radical (unpaired) electrons. The van der Waals surface area contributed by atoms with E-state index in [1.54, 1.807) is 7.11 Å². The van der Waals surface area contributed by atoms with E-state index in [9.17, 15) is 0 Å². The Morgan fingerprint density at radius 1 is 1.07 bits per heavy atom. The number of fused-ring (bicyclic) bond motifs is 1. The van der Waals surface area contributed by atoms with Gasteiger partial charge in [-0.25, -0.2) is 9.97 Å². The van der Waals surface area contributed by atoms with Crippen molar-refractivity contribution >= 4 is 11.6 Å². The van der Waals surface area contributed by atoms with Crippen LogP contribution in [0.5, 0.6) is 5.75 Å². The Kier molecular flexibility index (Phi) is 5.69. The van der Waals surface area contributed by atoms with Gasteiger partial charge in [0.15, 0.2) is 0 Å². The van der Waals surface area contributed by atoms with Crippen molar-refractivity contribution in [2.45, 2.75) is 70.9 Å². The van der Waals surface area contributed by atoms with E-state index in [0.717, 1.165) is 42.7 Å². The number of benzene rings is 1. The van der Waals surface area contributed by atoms with Crippen LogP contribution in [0.4, 0.5) is 11.6 Å². The van der Waals surface area contributed by atoms with Gasteiger partial charge in [0.25, 0.3) is 0 Å². The minimum absolute atomic E-state index is 0.313. The van der Waals surface area contributed by atoms with Crippen LogP contribution in [0.25, 0.3) is 0 Å². The van der Waals surface area contributed by atoms with E-state index in [2.05, 4.69) is 48.3 Å². The molecule has 5 heteroatoms. The standard InChI is InChI=1S/C23H32N4O/c1-16(2)23-25-21(24-19-7-5-4-6-8-19)14-22(26-23)27-12-11-17-13-20(28-3)10-9-18(17)15-27/h9-10,13-14,16,19H,4-8,11-12,15H2,1-3H3,(H,24,25,26).